The summed E-state index contributed by atoms with van der Waals surface area (Å²) in [5, 5.41) is 21.6. The summed E-state index contributed by atoms with van der Waals surface area (Å²) in [6.45, 7) is 3.45. The number of nitrogens with zero attached hydrogens (tertiary/aromatic N) is 3. The summed E-state index contributed by atoms with van der Waals surface area (Å²) in [4.78, 5) is 42.5. The molecular weight excluding hydrogens is 530 g/mol. The van der Waals surface area contributed by atoms with Gasteiger partial charge in [-0.05, 0) is 43.7 Å². The summed E-state index contributed by atoms with van der Waals surface area (Å²) in [7, 11) is 4.24. The Hall–Kier alpha value is -4.65. The van der Waals surface area contributed by atoms with E-state index in [-0.39, 0.29) is 28.0 Å². The van der Waals surface area contributed by atoms with Crippen molar-refractivity contribution in [1.82, 2.24) is 4.57 Å². The van der Waals surface area contributed by atoms with Gasteiger partial charge in [0.05, 0.1) is 48.7 Å². The Morgan fingerprint density at radius 2 is 1.90 bits per heavy atom. The SMILES string of the molecule is CCOC(=O)C1=C(C)N=c2s/c(=C\c3cc(OC)c(O)c([N+](=O)[O-])c3)c(=O)n2[C@@H]1c1ccc(OC)cc1OC. The molecule has 1 aliphatic heterocycles. The summed E-state index contributed by atoms with van der Waals surface area (Å²) in [5.41, 5.74) is 0.222. The predicted octanol–water partition coefficient (Wildman–Crippen LogP) is 2.44. The molecule has 204 valence electrons. The van der Waals surface area contributed by atoms with Crippen LogP contribution in [0.5, 0.6) is 23.0 Å². The Bertz CT molecular complexity index is 1690. The van der Waals surface area contributed by atoms with Crippen LogP contribution in [0.25, 0.3) is 6.08 Å². The zero-order valence-corrected chi connectivity index (χ0v) is 22.5. The molecule has 0 aliphatic carbocycles. The number of rotatable bonds is 8. The zero-order chi connectivity index (χ0) is 28.4. The van der Waals surface area contributed by atoms with Crippen LogP contribution in [-0.2, 0) is 9.53 Å². The van der Waals surface area contributed by atoms with Crippen LogP contribution in [-0.4, -0.2) is 48.5 Å². The highest BCUT2D eigenvalue weighted by Gasteiger charge is 2.35. The fourth-order valence-electron chi connectivity index (χ4n) is 4.27. The highest BCUT2D eigenvalue weighted by Crippen LogP contribution is 2.38. The molecule has 0 amide bonds. The first-order valence-electron chi connectivity index (χ1n) is 11.6. The van der Waals surface area contributed by atoms with Crippen LogP contribution in [0.2, 0.25) is 0 Å². The van der Waals surface area contributed by atoms with Crippen LogP contribution in [0.3, 0.4) is 0 Å². The molecule has 0 saturated heterocycles. The second-order valence-corrected chi connectivity index (χ2v) is 9.27. The number of nitro benzene ring substituents is 1. The smallest absolute Gasteiger partial charge is 0.338 e. The number of hydrogen-bond donors (Lipinski definition) is 1. The van der Waals surface area contributed by atoms with E-state index in [0.717, 1.165) is 17.4 Å². The molecule has 2 heterocycles. The molecule has 2 aromatic carbocycles. The molecular formula is C26H25N3O9S. The Labute approximate surface area is 225 Å². The summed E-state index contributed by atoms with van der Waals surface area (Å²) in [6.07, 6.45) is 1.44. The van der Waals surface area contributed by atoms with Gasteiger partial charge < -0.3 is 24.1 Å². The van der Waals surface area contributed by atoms with Crippen LogP contribution < -0.4 is 29.1 Å². The van der Waals surface area contributed by atoms with E-state index in [4.69, 9.17) is 18.9 Å². The van der Waals surface area contributed by atoms with E-state index in [0.29, 0.717) is 27.6 Å². The number of phenolic OH excluding ortho intramolecular Hbond substituents is 1. The minimum Gasteiger partial charge on any atom is -0.500 e. The van der Waals surface area contributed by atoms with Crippen molar-refractivity contribution in [2.45, 2.75) is 19.9 Å². The maximum absolute atomic E-state index is 13.8. The summed E-state index contributed by atoms with van der Waals surface area (Å²) < 4.78 is 22.8. The van der Waals surface area contributed by atoms with E-state index in [1.54, 1.807) is 32.0 Å². The van der Waals surface area contributed by atoms with Crippen molar-refractivity contribution >= 4 is 29.1 Å². The van der Waals surface area contributed by atoms with Gasteiger partial charge >= 0.3 is 11.7 Å². The van der Waals surface area contributed by atoms with E-state index in [1.165, 1.54) is 38.0 Å². The first-order valence-corrected chi connectivity index (χ1v) is 12.4. The Kier molecular flexibility index (Phi) is 7.72. The monoisotopic (exact) mass is 555 g/mol. The third-order valence-electron chi connectivity index (χ3n) is 6.04. The number of allylic oxidation sites excluding steroid dienone is 1. The van der Waals surface area contributed by atoms with Crippen LogP contribution in [0.4, 0.5) is 5.69 Å². The fourth-order valence-corrected chi connectivity index (χ4v) is 5.32. The van der Waals surface area contributed by atoms with E-state index in [9.17, 15) is 24.8 Å². The van der Waals surface area contributed by atoms with Gasteiger partial charge in [-0.15, -0.1) is 0 Å². The van der Waals surface area contributed by atoms with Gasteiger partial charge in [0.2, 0.25) is 5.75 Å². The van der Waals surface area contributed by atoms with Crippen LogP contribution in [0.1, 0.15) is 31.0 Å². The summed E-state index contributed by atoms with van der Waals surface area (Å²) >= 11 is 1.04. The van der Waals surface area contributed by atoms with E-state index < -0.39 is 33.9 Å². The van der Waals surface area contributed by atoms with Crippen molar-refractivity contribution in [2.75, 3.05) is 27.9 Å². The molecule has 0 spiro atoms. The number of benzene rings is 2. The minimum atomic E-state index is -0.938. The number of aromatic nitrogens is 1. The highest BCUT2D eigenvalue weighted by molar-refractivity contribution is 7.07. The number of aromatic hydroxyl groups is 1. The Morgan fingerprint density at radius 1 is 1.18 bits per heavy atom. The average molecular weight is 556 g/mol. The van der Waals surface area contributed by atoms with Crippen molar-refractivity contribution in [3.05, 3.63) is 82.5 Å². The van der Waals surface area contributed by atoms with Gasteiger partial charge in [0.1, 0.15) is 17.5 Å². The zero-order valence-electron chi connectivity index (χ0n) is 21.7. The molecule has 39 heavy (non-hydrogen) atoms. The first kappa shape index (κ1) is 27.4. The number of methoxy groups -OCH3 is 3. The van der Waals surface area contributed by atoms with Gasteiger partial charge in [0.15, 0.2) is 10.6 Å². The standard InChI is InChI=1S/C26H25N3O9S/c1-6-38-25(32)21-13(2)27-26-28(22(21)16-8-7-15(35-3)12-18(16)36-4)24(31)20(39-26)11-14-9-17(29(33)34)23(30)19(10-14)37-5/h7-12,22,30H,6H2,1-5H3/b20-11-/t22-/m1/s1. The topological polar surface area (TPSA) is 152 Å². The predicted molar refractivity (Wildman–Crippen MR) is 141 cm³/mol. The number of nitro groups is 1. The lowest BCUT2D eigenvalue weighted by molar-refractivity contribution is -0.386. The molecule has 0 fully saturated rings. The molecule has 0 saturated carbocycles. The fraction of sp³-hybridized carbons (Fsp3) is 0.269. The molecule has 0 unspecified atom stereocenters. The third kappa shape index (κ3) is 4.95. The quantitative estimate of drug-likeness (QED) is 0.251. The lowest BCUT2D eigenvalue weighted by Crippen LogP contribution is -2.40. The Balaban J connectivity index is 2.00. The molecule has 1 N–H and O–H groups in total. The molecule has 1 aliphatic rings. The van der Waals surface area contributed by atoms with E-state index in [1.807, 2.05) is 0 Å². The van der Waals surface area contributed by atoms with Gasteiger partial charge in [0, 0.05) is 17.7 Å². The maximum atomic E-state index is 13.8. The second-order valence-electron chi connectivity index (χ2n) is 8.26. The lowest BCUT2D eigenvalue weighted by atomic mass is 9.95. The number of hydrogen-bond acceptors (Lipinski definition) is 11. The van der Waals surface area contributed by atoms with Gasteiger partial charge in [-0.3, -0.25) is 19.5 Å². The van der Waals surface area contributed by atoms with Crippen molar-refractivity contribution in [3.8, 4) is 23.0 Å². The van der Waals surface area contributed by atoms with Crippen molar-refractivity contribution in [3.63, 3.8) is 0 Å². The minimum absolute atomic E-state index is 0.119. The van der Waals surface area contributed by atoms with Crippen LogP contribution in [0, 0.1) is 10.1 Å². The molecule has 1 aromatic heterocycles. The number of esters is 1. The number of carbonyl (C=O) groups excluding carboxylic acids is 1. The lowest BCUT2D eigenvalue weighted by Gasteiger charge is -2.26. The molecule has 13 heteroatoms. The van der Waals surface area contributed by atoms with Crippen molar-refractivity contribution in [1.29, 1.82) is 0 Å². The third-order valence-corrected chi connectivity index (χ3v) is 7.03. The first-order chi connectivity index (χ1) is 18.6. The number of thiazole rings is 1. The molecule has 1 atom stereocenters. The van der Waals surface area contributed by atoms with E-state index >= 15 is 0 Å². The van der Waals surface area contributed by atoms with Crippen molar-refractivity contribution < 1.29 is 33.8 Å². The van der Waals surface area contributed by atoms with Crippen LogP contribution >= 0.6 is 11.3 Å². The van der Waals surface area contributed by atoms with Crippen molar-refractivity contribution in [2.24, 2.45) is 4.99 Å². The summed E-state index contributed by atoms with van der Waals surface area (Å²) in [5.74, 6) is -0.477. The number of ether oxygens (including phenoxy) is 4. The molecule has 12 nitrogen and oxygen atoms in total. The second kappa shape index (κ2) is 11.0. The largest absolute Gasteiger partial charge is 0.500 e. The highest BCUT2D eigenvalue weighted by atomic mass is 32.1. The van der Waals surface area contributed by atoms with Gasteiger partial charge in [0.25, 0.3) is 5.56 Å². The van der Waals surface area contributed by atoms with E-state index in [2.05, 4.69) is 4.99 Å². The number of carbonyl (C=O) groups is 1. The molecule has 3 aromatic rings. The number of fused-ring (bicyclic) bond motifs is 1. The van der Waals surface area contributed by atoms with Gasteiger partial charge in [-0.1, -0.05) is 11.3 Å². The summed E-state index contributed by atoms with van der Waals surface area (Å²) in [6, 6.07) is 6.60. The average Bonchev–Trinajstić information content (AvgIpc) is 3.22. The maximum Gasteiger partial charge on any atom is 0.338 e. The molecule has 0 bridgehead atoms. The molecule has 4 rings (SSSR count). The van der Waals surface area contributed by atoms with Crippen LogP contribution in [0.15, 0.2) is 51.4 Å². The normalized spacial score (nSPS) is 14.9. The van der Waals surface area contributed by atoms with Gasteiger partial charge in [-0.25, -0.2) is 9.79 Å². The Morgan fingerprint density at radius 3 is 2.51 bits per heavy atom. The van der Waals surface area contributed by atoms with Gasteiger partial charge in [-0.2, -0.15) is 0 Å². The molecule has 0 radical (unpaired) electrons. The number of phenols is 1.